The fraction of sp³-hybridized carbons (Fsp3) is 0.133. The molecule has 20 heavy (non-hydrogen) atoms. The number of phenols is 1. The Balaban J connectivity index is 2.17. The first-order valence-electron chi connectivity index (χ1n) is 6.26. The molecule has 0 unspecified atom stereocenters. The molecule has 3 aromatic rings. The minimum Gasteiger partial charge on any atom is -0.508 e. The number of anilines is 2. The van der Waals surface area contributed by atoms with Gasteiger partial charge < -0.3 is 16.2 Å². The van der Waals surface area contributed by atoms with Crippen molar-refractivity contribution in [3.05, 3.63) is 35.9 Å². The van der Waals surface area contributed by atoms with Crippen molar-refractivity contribution < 1.29 is 5.11 Å². The third kappa shape index (κ3) is 2.06. The highest BCUT2D eigenvalue weighted by atomic mass is 32.1. The molecule has 0 radical (unpaired) electrons. The van der Waals surface area contributed by atoms with Crippen LogP contribution in [0.5, 0.6) is 5.75 Å². The molecule has 0 atom stereocenters. The molecule has 3 rings (SSSR count). The number of aryl methyl sites for hydroxylation is 1. The predicted octanol–water partition coefficient (Wildman–Crippen LogP) is 3.60. The summed E-state index contributed by atoms with van der Waals surface area (Å²) in [5.74, 6) is 0.252. The quantitative estimate of drug-likeness (QED) is 0.629. The largest absolute Gasteiger partial charge is 0.508 e. The van der Waals surface area contributed by atoms with Crippen LogP contribution in [0.25, 0.3) is 20.8 Å². The number of rotatable bonds is 2. The molecule has 0 amide bonds. The van der Waals surface area contributed by atoms with Crippen LogP contribution in [0.15, 0.2) is 30.3 Å². The summed E-state index contributed by atoms with van der Waals surface area (Å²) in [6, 6.07) is 9.15. The van der Waals surface area contributed by atoms with Crippen molar-refractivity contribution in [2.75, 3.05) is 18.1 Å². The summed E-state index contributed by atoms with van der Waals surface area (Å²) in [7, 11) is 1.88. The van der Waals surface area contributed by atoms with Gasteiger partial charge in [0.2, 0.25) is 0 Å². The Morgan fingerprint density at radius 2 is 2.05 bits per heavy atom. The van der Waals surface area contributed by atoms with E-state index in [1.165, 1.54) is 11.3 Å². The number of phenolic OH excluding ortho intramolecular Hbond substituents is 1. The Morgan fingerprint density at radius 3 is 2.80 bits per heavy atom. The van der Waals surface area contributed by atoms with E-state index in [2.05, 4.69) is 10.3 Å². The summed E-state index contributed by atoms with van der Waals surface area (Å²) in [4.78, 5) is 4.59. The molecule has 0 aliphatic carbocycles. The van der Waals surface area contributed by atoms with Crippen LogP contribution in [0.1, 0.15) is 5.56 Å². The standard InChI is InChI=1S/C15H15N3OS/c1-8-5-10(11(16)7-13(8)17-2)15-18-12-4-3-9(19)6-14(12)20-15/h3-7,17,19H,16H2,1-2H3. The lowest BCUT2D eigenvalue weighted by Crippen LogP contribution is -1.96. The molecule has 0 saturated heterocycles. The lowest BCUT2D eigenvalue weighted by atomic mass is 10.1. The second kappa shape index (κ2) is 4.68. The maximum absolute atomic E-state index is 9.52. The monoisotopic (exact) mass is 285 g/mol. The highest BCUT2D eigenvalue weighted by Crippen LogP contribution is 2.36. The summed E-state index contributed by atoms with van der Waals surface area (Å²) >= 11 is 1.53. The van der Waals surface area contributed by atoms with Crippen molar-refractivity contribution in [2.45, 2.75) is 6.92 Å². The maximum atomic E-state index is 9.52. The lowest BCUT2D eigenvalue weighted by Gasteiger charge is -2.09. The molecule has 0 saturated carbocycles. The number of thiazole rings is 1. The molecular formula is C15H15N3OS. The normalized spacial score (nSPS) is 10.9. The van der Waals surface area contributed by atoms with Gasteiger partial charge in [-0.25, -0.2) is 4.98 Å². The number of aromatic nitrogens is 1. The lowest BCUT2D eigenvalue weighted by molar-refractivity contribution is 0.476. The molecule has 0 bridgehead atoms. The van der Waals surface area contributed by atoms with Gasteiger partial charge in [-0.3, -0.25) is 0 Å². The average Bonchev–Trinajstić information content (AvgIpc) is 2.83. The van der Waals surface area contributed by atoms with Crippen LogP contribution in [-0.4, -0.2) is 17.1 Å². The Labute approximate surface area is 120 Å². The molecule has 4 N–H and O–H groups in total. The van der Waals surface area contributed by atoms with Gasteiger partial charge in [0.25, 0.3) is 0 Å². The molecule has 0 aliphatic heterocycles. The van der Waals surface area contributed by atoms with E-state index in [9.17, 15) is 5.11 Å². The molecule has 0 aliphatic rings. The van der Waals surface area contributed by atoms with Gasteiger partial charge in [-0.15, -0.1) is 11.3 Å². The maximum Gasteiger partial charge on any atom is 0.126 e. The number of hydrogen-bond donors (Lipinski definition) is 3. The first-order valence-corrected chi connectivity index (χ1v) is 7.08. The van der Waals surface area contributed by atoms with Crippen molar-refractivity contribution >= 4 is 32.9 Å². The molecule has 0 fully saturated rings. The molecule has 4 nitrogen and oxygen atoms in total. The van der Waals surface area contributed by atoms with Crippen LogP contribution >= 0.6 is 11.3 Å². The number of nitrogens with one attached hydrogen (secondary N) is 1. The molecule has 2 aromatic carbocycles. The SMILES string of the molecule is CNc1cc(N)c(-c2nc3ccc(O)cc3s2)cc1C. The second-order valence-corrected chi connectivity index (χ2v) is 5.71. The minimum atomic E-state index is 0.252. The van der Waals surface area contributed by atoms with Crippen molar-refractivity contribution in [1.29, 1.82) is 0 Å². The summed E-state index contributed by atoms with van der Waals surface area (Å²) in [5, 5.41) is 13.5. The number of nitrogens with zero attached hydrogens (tertiary/aromatic N) is 1. The Kier molecular flexibility index (Phi) is 2.99. The van der Waals surface area contributed by atoms with Gasteiger partial charge in [0.1, 0.15) is 10.8 Å². The predicted molar refractivity (Wildman–Crippen MR) is 85.4 cm³/mol. The van der Waals surface area contributed by atoms with Gasteiger partial charge in [-0.05, 0) is 42.8 Å². The van der Waals surface area contributed by atoms with Crippen LogP contribution in [0.4, 0.5) is 11.4 Å². The van der Waals surface area contributed by atoms with Crippen molar-refractivity contribution in [1.82, 2.24) is 4.98 Å². The number of nitrogens with two attached hydrogens (primary N) is 1. The van der Waals surface area contributed by atoms with Crippen LogP contribution in [0.3, 0.4) is 0 Å². The number of nitrogen functional groups attached to an aromatic ring is 1. The highest BCUT2D eigenvalue weighted by molar-refractivity contribution is 7.21. The Hall–Kier alpha value is -2.27. The summed E-state index contributed by atoms with van der Waals surface area (Å²) < 4.78 is 0.953. The van der Waals surface area contributed by atoms with E-state index in [1.54, 1.807) is 12.1 Å². The molecule has 5 heteroatoms. The van der Waals surface area contributed by atoms with E-state index in [0.29, 0.717) is 5.69 Å². The van der Waals surface area contributed by atoms with E-state index in [-0.39, 0.29) is 5.75 Å². The third-order valence-electron chi connectivity index (χ3n) is 3.27. The van der Waals surface area contributed by atoms with E-state index >= 15 is 0 Å². The van der Waals surface area contributed by atoms with Crippen LogP contribution in [-0.2, 0) is 0 Å². The van der Waals surface area contributed by atoms with Gasteiger partial charge in [0.15, 0.2) is 0 Å². The van der Waals surface area contributed by atoms with E-state index < -0.39 is 0 Å². The van der Waals surface area contributed by atoms with E-state index in [4.69, 9.17) is 5.73 Å². The van der Waals surface area contributed by atoms with Crippen LogP contribution < -0.4 is 11.1 Å². The third-order valence-corrected chi connectivity index (χ3v) is 4.32. The van der Waals surface area contributed by atoms with Crippen molar-refractivity contribution in [3.63, 3.8) is 0 Å². The van der Waals surface area contributed by atoms with Gasteiger partial charge in [0.05, 0.1) is 10.2 Å². The first-order chi connectivity index (χ1) is 9.58. The van der Waals surface area contributed by atoms with Crippen molar-refractivity contribution in [2.24, 2.45) is 0 Å². The molecule has 0 spiro atoms. The number of aromatic hydroxyl groups is 1. The topological polar surface area (TPSA) is 71.2 Å². The minimum absolute atomic E-state index is 0.252. The second-order valence-electron chi connectivity index (χ2n) is 4.68. The number of fused-ring (bicyclic) bond motifs is 1. The summed E-state index contributed by atoms with van der Waals surface area (Å²) in [6.45, 7) is 2.04. The van der Waals surface area contributed by atoms with Crippen LogP contribution in [0.2, 0.25) is 0 Å². The number of hydrogen-bond acceptors (Lipinski definition) is 5. The Morgan fingerprint density at radius 1 is 1.25 bits per heavy atom. The Bertz CT molecular complexity index is 795. The van der Waals surface area contributed by atoms with E-state index in [0.717, 1.165) is 32.0 Å². The molecule has 102 valence electrons. The summed E-state index contributed by atoms with van der Waals surface area (Å²) in [6.07, 6.45) is 0. The molecule has 1 aromatic heterocycles. The zero-order valence-electron chi connectivity index (χ0n) is 11.3. The zero-order valence-corrected chi connectivity index (χ0v) is 12.1. The number of benzene rings is 2. The average molecular weight is 285 g/mol. The molecular weight excluding hydrogens is 270 g/mol. The fourth-order valence-electron chi connectivity index (χ4n) is 2.21. The zero-order chi connectivity index (χ0) is 14.3. The van der Waals surface area contributed by atoms with Gasteiger partial charge in [-0.2, -0.15) is 0 Å². The molecule has 1 heterocycles. The highest BCUT2D eigenvalue weighted by Gasteiger charge is 2.11. The van der Waals surface area contributed by atoms with Gasteiger partial charge in [0, 0.05) is 24.0 Å². The first kappa shape index (κ1) is 12.7. The van der Waals surface area contributed by atoms with Crippen molar-refractivity contribution in [3.8, 4) is 16.3 Å². The van der Waals surface area contributed by atoms with Gasteiger partial charge in [-0.1, -0.05) is 0 Å². The van der Waals surface area contributed by atoms with Gasteiger partial charge >= 0.3 is 0 Å². The van der Waals surface area contributed by atoms with Crippen LogP contribution in [0, 0.1) is 6.92 Å². The summed E-state index contributed by atoms with van der Waals surface area (Å²) in [5.41, 5.74) is 10.8. The van der Waals surface area contributed by atoms with E-state index in [1.807, 2.05) is 32.2 Å². The fourth-order valence-corrected chi connectivity index (χ4v) is 3.24. The smallest absolute Gasteiger partial charge is 0.126 e.